The molecule has 2 saturated heterocycles. The highest BCUT2D eigenvalue weighted by Gasteiger charge is 2.53. The van der Waals surface area contributed by atoms with Crippen molar-refractivity contribution in [1.29, 1.82) is 0 Å². The van der Waals surface area contributed by atoms with E-state index >= 15 is 0 Å². The summed E-state index contributed by atoms with van der Waals surface area (Å²) in [6.07, 6.45) is -2.65. The fourth-order valence-corrected chi connectivity index (χ4v) is 4.88. The van der Waals surface area contributed by atoms with E-state index in [1.165, 1.54) is 0 Å². The van der Waals surface area contributed by atoms with Gasteiger partial charge in [-0.1, -0.05) is 30.3 Å². The molecular formula is C24H21F6NO. The first-order chi connectivity index (χ1) is 15.0. The first-order valence-corrected chi connectivity index (χ1v) is 10.2. The van der Waals surface area contributed by atoms with Crippen LogP contribution >= 0.6 is 0 Å². The lowest BCUT2D eigenvalue weighted by Crippen LogP contribution is -2.54. The molecule has 1 N–H and O–H groups in total. The fraction of sp³-hybridized carbons (Fsp3) is 0.417. The Balaban J connectivity index is 1.64. The number of piperidine rings is 1. The number of ether oxygens (including phenoxy) is 1. The maximum absolute atomic E-state index is 13.2. The van der Waals surface area contributed by atoms with Crippen LogP contribution in [0.25, 0.3) is 0 Å². The molecule has 2 bridgehead atoms. The standard InChI is InChI=1S/C24H21F6NO/c1-2-16-13-22(17-6-4-3-5-7-17)21(9-8-20(16)31-22)32-14-15-10-18(23(25,26)27)12-19(11-15)24(28,29)30/h1,3-7,10-12,16,20-21,31H,8-9,13-14H2. The van der Waals surface area contributed by atoms with Gasteiger partial charge in [0.2, 0.25) is 0 Å². The molecule has 4 unspecified atom stereocenters. The zero-order chi connectivity index (χ0) is 23.1. The van der Waals surface area contributed by atoms with Crippen LogP contribution in [-0.4, -0.2) is 12.1 Å². The smallest absolute Gasteiger partial charge is 0.371 e. The van der Waals surface area contributed by atoms with Crippen LogP contribution in [0.5, 0.6) is 0 Å². The molecule has 2 aromatic carbocycles. The van der Waals surface area contributed by atoms with Crippen molar-refractivity contribution in [1.82, 2.24) is 5.32 Å². The molecule has 170 valence electrons. The summed E-state index contributed by atoms with van der Waals surface area (Å²) in [6.45, 7) is -0.376. The third-order valence-electron chi connectivity index (χ3n) is 6.36. The molecule has 32 heavy (non-hydrogen) atoms. The summed E-state index contributed by atoms with van der Waals surface area (Å²) in [7, 11) is 0. The van der Waals surface area contributed by atoms with Gasteiger partial charge in [-0.25, -0.2) is 0 Å². The van der Waals surface area contributed by atoms with Crippen molar-refractivity contribution in [3.8, 4) is 12.3 Å². The first-order valence-electron chi connectivity index (χ1n) is 10.2. The van der Waals surface area contributed by atoms with Crippen LogP contribution in [0.4, 0.5) is 26.3 Å². The summed E-state index contributed by atoms with van der Waals surface area (Å²) >= 11 is 0. The highest BCUT2D eigenvalue weighted by molar-refractivity contribution is 5.34. The fourth-order valence-electron chi connectivity index (χ4n) is 4.88. The quantitative estimate of drug-likeness (QED) is 0.459. The first kappa shape index (κ1) is 22.7. The average Bonchev–Trinajstić information content (AvgIpc) is 3.06. The van der Waals surface area contributed by atoms with E-state index < -0.39 is 35.1 Å². The molecule has 2 aliphatic heterocycles. The molecule has 8 heteroatoms. The second-order valence-corrected chi connectivity index (χ2v) is 8.36. The molecule has 4 atom stereocenters. The largest absolute Gasteiger partial charge is 0.416 e. The Kier molecular flexibility index (Phi) is 5.76. The molecule has 0 saturated carbocycles. The van der Waals surface area contributed by atoms with E-state index in [0.717, 1.165) is 5.56 Å². The maximum atomic E-state index is 13.2. The topological polar surface area (TPSA) is 21.3 Å². The number of terminal acetylenes is 1. The molecule has 2 heterocycles. The number of benzene rings is 2. The SMILES string of the molecule is C#CC1CC2(c3ccccc3)NC1CCC2OCc1cc(C(F)(F)F)cc(C(F)(F)F)c1. The number of fused-ring (bicyclic) bond motifs is 2. The van der Waals surface area contributed by atoms with E-state index in [2.05, 4.69) is 11.2 Å². The Morgan fingerprint density at radius 2 is 1.59 bits per heavy atom. The van der Waals surface area contributed by atoms with Gasteiger partial charge in [0, 0.05) is 12.0 Å². The van der Waals surface area contributed by atoms with E-state index in [4.69, 9.17) is 11.2 Å². The van der Waals surface area contributed by atoms with E-state index in [1.807, 2.05) is 30.3 Å². The molecule has 2 aromatic rings. The molecule has 2 aliphatic rings. The molecule has 2 fully saturated rings. The normalized spacial score (nSPS) is 27.8. The van der Waals surface area contributed by atoms with Crippen LogP contribution in [0.15, 0.2) is 48.5 Å². The molecule has 0 radical (unpaired) electrons. The Morgan fingerprint density at radius 3 is 2.16 bits per heavy atom. The van der Waals surface area contributed by atoms with Crippen LogP contribution in [-0.2, 0) is 29.2 Å². The van der Waals surface area contributed by atoms with Gasteiger partial charge in [-0.15, -0.1) is 12.3 Å². The maximum Gasteiger partial charge on any atom is 0.416 e. The highest BCUT2D eigenvalue weighted by Crippen LogP contribution is 2.47. The van der Waals surface area contributed by atoms with Crippen LogP contribution in [0, 0.1) is 18.3 Å². The Labute approximate surface area is 182 Å². The summed E-state index contributed by atoms with van der Waals surface area (Å²) in [4.78, 5) is 0. The van der Waals surface area contributed by atoms with Gasteiger partial charge >= 0.3 is 12.4 Å². The third kappa shape index (κ3) is 4.24. The van der Waals surface area contributed by atoms with E-state index in [9.17, 15) is 26.3 Å². The van der Waals surface area contributed by atoms with Gasteiger partial charge in [0.05, 0.1) is 29.4 Å². The van der Waals surface area contributed by atoms with Crippen LogP contribution in [0.2, 0.25) is 0 Å². The number of alkyl halides is 6. The van der Waals surface area contributed by atoms with Crippen molar-refractivity contribution < 1.29 is 31.1 Å². The molecule has 0 spiro atoms. The number of halogens is 6. The Hall–Kier alpha value is -2.50. The molecule has 0 aromatic heterocycles. The van der Waals surface area contributed by atoms with Crippen molar-refractivity contribution in [2.24, 2.45) is 5.92 Å². The van der Waals surface area contributed by atoms with Gasteiger partial charge in [-0.2, -0.15) is 26.3 Å². The molecule has 0 aliphatic carbocycles. The third-order valence-corrected chi connectivity index (χ3v) is 6.36. The molecule has 0 amide bonds. The summed E-state index contributed by atoms with van der Waals surface area (Å²) in [5, 5.41) is 3.55. The van der Waals surface area contributed by atoms with E-state index in [0.29, 0.717) is 31.4 Å². The summed E-state index contributed by atoms with van der Waals surface area (Å²) in [5.41, 5.74) is -2.58. The van der Waals surface area contributed by atoms with Crippen LogP contribution < -0.4 is 5.32 Å². The van der Waals surface area contributed by atoms with Crippen LogP contribution in [0.3, 0.4) is 0 Å². The number of rotatable bonds is 4. The summed E-state index contributed by atoms with van der Waals surface area (Å²) in [5.74, 6) is 2.77. The monoisotopic (exact) mass is 453 g/mol. The Bertz CT molecular complexity index is 978. The highest BCUT2D eigenvalue weighted by atomic mass is 19.4. The minimum Gasteiger partial charge on any atom is -0.371 e. The van der Waals surface area contributed by atoms with Gasteiger partial charge in [0.15, 0.2) is 0 Å². The molecule has 2 nitrogen and oxygen atoms in total. The molecular weight excluding hydrogens is 432 g/mol. The van der Waals surface area contributed by atoms with Gasteiger partial charge in [-0.05, 0) is 48.6 Å². The zero-order valence-corrected chi connectivity index (χ0v) is 16.9. The lowest BCUT2D eigenvalue weighted by atomic mass is 9.80. The van der Waals surface area contributed by atoms with Crippen molar-refractivity contribution in [2.75, 3.05) is 0 Å². The average molecular weight is 453 g/mol. The van der Waals surface area contributed by atoms with Gasteiger partial charge in [0.1, 0.15) is 0 Å². The predicted molar refractivity (Wildman–Crippen MR) is 106 cm³/mol. The molecule has 4 rings (SSSR count). The van der Waals surface area contributed by atoms with Crippen molar-refractivity contribution in [3.63, 3.8) is 0 Å². The van der Waals surface area contributed by atoms with Crippen molar-refractivity contribution in [3.05, 3.63) is 70.8 Å². The Morgan fingerprint density at radius 1 is 0.969 bits per heavy atom. The van der Waals surface area contributed by atoms with Crippen molar-refractivity contribution in [2.45, 2.75) is 55.9 Å². The van der Waals surface area contributed by atoms with E-state index in [1.54, 1.807) is 0 Å². The number of nitrogens with one attached hydrogen (secondary N) is 1. The minimum atomic E-state index is -4.90. The van der Waals surface area contributed by atoms with Crippen molar-refractivity contribution >= 4 is 0 Å². The zero-order valence-electron chi connectivity index (χ0n) is 16.9. The minimum absolute atomic E-state index is 0.0332. The second-order valence-electron chi connectivity index (χ2n) is 8.36. The lowest BCUT2D eigenvalue weighted by Gasteiger charge is -2.42. The van der Waals surface area contributed by atoms with E-state index in [-0.39, 0.29) is 30.2 Å². The van der Waals surface area contributed by atoms with Gasteiger partial charge in [0.25, 0.3) is 0 Å². The second kappa shape index (κ2) is 8.13. The summed E-state index contributed by atoms with van der Waals surface area (Å²) < 4.78 is 85.1. The van der Waals surface area contributed by atoms with Gasteiger partial charge in [-0.3, -0.25) is 0 Å². The number of hydrogen-bond donors (Lipinski definition) is 1. The van der Waals surface area contributed by atoms with Gasteiger partial charge < -0.3 is 10.1 Å². The lowest BCUT2D eigenvalue weighted by molar-refractivity contribution is -0.143. The number of hydrogen-bond acceptors (Lipinski definition) is 2. The predicted octanol–water partition coefficient (Wildman–Crippen LogP) is 5.91. The van der Waals surface area contributed by atoms with Crippen LogP contribution in [0.1, 0.15) is 41.5 Å². The summed E-state index contributed by atoms with van der Waals surface area (Å²) in [6, 6.07) is 11.1.